The van der Waals surface area contributed by atoms with Gasteiger partial charge in [0.25, 0.3) is 0 Å². The fourth-order valence-corrected chi connectivity index (χ4v) is 2.55. The Kier molecular flexibility index (Phi) is 2.56. The van der Waals surface area contributed by atoms with Gasteiger partial charge in [-0.15, -0.1) is 0 Å². The zero-order chi connectivity index (χ0) is 10.8. The monoisotopic (exact) mass is 216 g/mol. The van der Waals surface area contributed by atoms with Crippen LogP contribution in [0.15, 0.2) is 12.4 Å². The van der Waals surface area contributed by atoms with E-state index >= 15 is 0 Å². The highest BCUT2D eigenvalue weighted by molar-refractivity contribution is 5.64. The highest BCUT2D eigenvalue weighted by Crippen LogP contribution is 2.28. The summed E-state index contributed by atoms with van der Waals surface area (Å²) in [6, 6.07) is 0. The van der Waals surface area contributed by atoms with Crippen molar-refractivity contribution in [1.82, 2.24) is 19.9 Å². The summed E-state index contributed by atoms with van der Waals surface area (Å²) in [6.07, 6.45) is 11.3. The predicted octanol–water partition coefficient (Wildman–Crippen LogP) is 2.48. The van der Waals surface area contributed by atoms with Gasteiger partial charge in [-0.05, 0) is 12.3 Å². The van der Waals surface area contributed by atoms with Crippen molar-refractivity contribution in [3.05, 3.63) is 18.2 Å². The average molecular weight is 216 g/mol. The minimum absolute atomic E-state index is 0.740. The molecule has 1 aliphatic rings. The van der Waals surface area contributed by atoms with E-state index in [0.29, 0.717) is 0 Å². The molecule has 16 heavy (non-hydrogen) atoms. The van der Waals surface area contributed by atoms with Crippen molar-refractivity contribution in [2.45, 2.75) is 38.5 Å². The van der Waals surface area contributed by atoms with Crippen LogP contribution in [0.5, 0.6) is 0 Å². The quantitative estimate of drug-likeness (QED) is 0.857. The van der Waals surface area contributed by atoms with Gasteiger partial charge in [0.15, 0.2) is 11.3 Å². The first-order chi connectivity index (χ1) is 7.92. The van der Waals surface area contributed by atoms with Crippen molar-refractivity contribution in [2.24, 2.45) is 5.92 Å². The number of rotatable bonds is 3. The van der Waals surface area contributed by atoms with Gasteiger partial charge in [-0.1, -0.05) is 25.7 Å². The molecule has 2 heterocycles. The molecule has 0 unspecified atom stereocenters. The van der Waals surface area contributed by atoms with Gasteiger partial charge < -0.3 is 4.98 Å². The first kappa shape index (κ1) is 9.75. The second kappa shape index (κ2) is 4.20. The van der Waals surface area contributed by atoms with Crippen LogP contribution in [0.4, 0.5) is 0 Å². The van der Waals surface area contributed by atoms with E-state index in [1.165, 1.54) is 32.1 Å². The Morgan fingerprint density at radius 3 is 2.81 bits per heavy atom. The van der Waals surface area contributed by atoms with Crippen LogP contribution in [0, 0.1) is 5.92 Å². The molecule has 0 saturated heterocycles. The molecule has 1 saturated carbocycles. The van der Waals surface area contributed by atoms with E-state index in [1.807, 2.05) is 0 Å². The zero-order valence-electron chi connectivity index (χ0n) is 9.32. The second-order valence-corrected chi connectivity index (χ2v) is 4.60. The number of aryl methyl sites for hydroxylation is 1. The average Bonchev–Trinajstić information content (AvgIpc) is 2.95. The molecule has 0 radical (unpaired) electrons. The summed E-state index contributed by atoms with van der Waals surface area (Å²) in [5, 5.41) is 0. The van der Waals surface area contributed by atoms with E-state index in [-0.39, 0.29) is 0 Å². The van der Waals surface area contributed by atoms with Crippen LogP contribution in [-0.4, -0.2) is 19.9 Å². The van der Waals surface area contributed by atoms with Gasteiger partial charge in [-0.2, -0.15) is 0 Å². The van der Waals surface area contributed by atoms with Gasteiger partial charge in [0, 0.05) is 18.8 Å². The number of nitrogens with one attached hydrogen (secondary N) is 1. The maximum atomic E-state index is 4.44. The molecule has 0 bridgehead atoms. The third-order valence-corrected chi connectivity index (χ3v) is 3.45. The Balaban J connectivity index is 1.69. The summed E-state index contributed by atoms with van der Waals surface area (Å²) in [7, 11) is 0. The Bertz CT molecular complexity index is 438. The van der Waals surface area contributed by atoms with Crippen molar-refractivity contribution in [2.75, 3.05) is 0 Å². The number of hydrogen-bond acceptors (Lipinski definition) is 3. The molecular formula is C12H16N4. The molecule has 2 aromatic rings. The molecular weight excluding hydrogens is 200 g/mol. The Labute approximate surface area is 94.5 Å². The molecule has 2 aromatic heterocycles. The Morgan fingerprint density at radius 1 is 1.19 bits per heavy atom. The number of H-pyrrole nitrogens is 1. The number of nitrogens with zero attached hydrogens (tertiary/aromatic N) is 3. The molecule has 0 atom stereocenters. The molecule has 1 aliphatic carbocycles. The highest BCUT2D eigenvalue weighted by atomic mass is 15.0. The summed E-state index contributed by atoms with van der Waals surface area (Å²) < 4.78 is 0. The van der Waals surface area contributed by atoms with Crippen LogP contribution in [0.2, 0.25) is 0 Å². The van der Waals surface area contributed by atoms with E-state index in [9.17, 15) is 0 Å². The van der Waals surface area contributed by atoms with Crippen LogP contribution < -0.4 is 0 Å². The molecule has 1 N–H and O–H groups in total. The Morgan fingerprint density at radius 2 is 2.00 bits per heavy atom. The third kappa shape index (κ3) is 1.92. The van der Waals surface area contributed by atoms with E-state index in [4.69, 9.17) is 0 Å². The van der Waals surface area contributed by atoms with Crippen LogP contribution in [-0.2, 0) is 6.42 Å². The summed E-state index contributed by atoms with van der Waals surface area (Å²) in [4.78, 5) is 16.1. The lowest BCUT2D eigenvalue weighted by molar-refractivity contribution is 0.498. The fraction of sp³-hybridized carbons (Fsp3) is 0.583. The zero-order valence-corrected chi connectivity index (χ0v) is 9.32. The van der Waals surface area contributed by atoms with Crippen LogP contribution in [0.3, 0.4) is 0 Å². The first-order valence-electron chi connectivity index (χ1n) is 6.07. The fourth-order valence-electron chi connectivity index (χ4n) is 2.55. The summed E-state index contributed by atoms with van der Waals surface area (Å²) in [6.45, 7) is 0. The first-order valence-corrected chi connectivity index (χ1v) is 6.07. The van der Waals surface area contributed by atoms with Gasteiger partial charge in [0.1, 0.15) is 5.82 Å². The summed E-state index contributed by atoms with van der Waals surface area (Å²) >= 11 is 0. The smallest absolute Gasteiger partial charge is 0.197 e. The molecule has 84 valence electrons. The van der Waals surface area contributed by atoms with Crippen molar-refractivity contribution in [3.8, 4) is 0 Å². The maximum Gasteiger partial charge on any atom is 0.197 e. The topological polar surface area (TPSA) is 54.5 Å². The minimum atomic E-state index is 0.740. The molecule has 4 heteroatoms. The molecule has 0 spiro atoms. The molecule has 0 amide bonds. The number of aromatic nitrogens is 4. The largest absolute Gasteiger partial charge is 0.325 e. The van der Waals surface area contributed by atoms with Gasteiger partial charge in [0.05, 0.1) is 0 Å². The molecule has 1 fully saturated rings. The predicted molar refractivity (Wildman–Crippen MR) is 62.0 cm³/mol. The minimum Gasteiger partial charge on any atom is -0.325 e. The highest BCUT2D eigenvalue weighted by Gasteiger charge is 2.15. The molecule has 0 aliphatic heterocycles. The lowest BCUT2D eigenvalue weighted by Gasteiger charge is -2.05. The maximum absolute atomic E-state index is 4.44. The number of imidazole rings is 1. The number of aromatic amines is 1. The standard InChI is InChI=1S/C12H16N4/c1-2-4-9(3-1)5-6-10-15-11-12(16-10)14-8-7-13-11/h7-9H,1-6H2,(H,13,14,15,16). The summed E-state index contributed by atoms with van der Waals surface area (Å²) in [5.74, 6) is 1.95. The van der Waals surface area contributed by atoms with Crippen LogP contribution in [0.1, 0.15) is 37.9 Å². The van der Waals surface area contributed by atoms with Gasteiger partial charge in [-0.25, -0.2) is 15.0 Å². The normalized spacial score (nSPS) is 17.2. The van der Waals surface area contributed by atoms with E-state index in [1.54, 1.807) is 12.4 Å². The lowest BCUT2D eigenvalue weighted by atomic mass is 10.0. The van der Waals surface area contributed by atoms with E-state index in [0.717, 1.165) is 29.5 Å². The Hall–Kier alpha value is -1.45. The van der Waals surface area contributed by atoms with Gasteiger partial charge in [0.2, 0.25) is 0 Å². The molecule has 0 aromatic carbocycles. The van der Waals surface area contributed by atoms with Crippen molar-refractivity contribution >= 4 is 11.3 Å². The second-order valence-electron chi connectivity index (χ2n) is 4.60. The van der Waals surface area contributed by atoms with Crippen molar-refractivity contribution < 1.29 is 0 Å². The SMILES string of the molecule is c1cnc2[nH]c(CCC3CCCC3)nc2n1. The number of fused-ring (bicyclic) bond motifs is 1. The van der Waals surface area contributed by atoms with Crippen molar-refractivity contribution in [3.63, 3.8) is 0 Å². The van der Waals surface area contributed by atoms with Gasteiger partial charge in [-0.3, -0.25) is 0 Å². The summed E-state index contributed by atoms with van der Waals surface area (Å²) in [5.41, 5.74) is 1.55. The molecule has 4 nitrogen and oxygen atoms in total. The lowest BCUT2D eigenvalue weighted by Crippen LogP contribution is -1.97. The van der Waals surface area contributed by atoms with E-state index < -0.39 is 0 Å². The van der Waals surface area contributed by atoms with Crippen LogP contribution in [0.25, 0.3) is 11.3 Å². The third-order valence-electron chi connectivity index (χ3n) is 3.45. The van der Waals surface area contributed by atoms with E-state index in [2.05, 4.69) is 19.9 Å². The van der Waals surface area contributed by atoms with Crippen LogP contribution >= 0.6 is 0 Å². The molecule has 3 rings (SSSR count). The van der Waals surface area contributed by atoms with Crippen molar-refractivity contribution in [1.29, 1.82) is 0 Å². The number of hydrogen-bond donors (Lipinski definition) is 1. The van der Waals surface area contributed by atoms with Gasteiger partial charge >= 0.3 is 0 Å².